The molecule has 6 nitrogen and oxygen atoms in total. The van der Waals surface area contributed by atoms with Gasteiger partial charge in [-0.1, -0.05) is 0 Å². The van der Waals surface area contributed by atoms with Gasteiger partial charge in [0.2, 0.25) is 5.95 Å². The van der Waals surface area contributed by atoms with E-state index < -0.39 is 0 Å². The number of hydrogen-bond donors (Lipinski definition) is 2. The van der Waals surface area contributed by atoms with Crippen LogP contribution < -0.4 is 10.6 Å². The van der Waals surface area contributed by atoms with Gasteiger partial charge in [-0.05, 0) is 37.8 Å². The maximum Gasteiger partial charge on any atom is 0.225 e. The molecule has 2 N–H and O–H groups in total. The molecule has 0 aromatic carbocycles. The number of pyridine rings is 1. The Morgan fingerprint density at radius 1 is 1.22 bits per heavy atom. The molecule has 3 heterocycles. The molecule has 0 amide bonds. The van der Waals surface area contributed by atoms with Crippen LogP contribution in [0.2, 0.25) is 0 Å². The van der Waals surface area contributed by atoms with Crippen molar-refractivity contribution in [3.8, 4) is 11.3 Å². The lowest BCUT2D eigenvalue weighted by Gasteiger charge is -2.13. The Morgan fingerprint density at radius 2 is 2.17 bits per heavy atom. The van der Waals surface area contributed by atoms with E-state index in [1.54, 1.807) is 6.20 Å². The van der Waals surface area contributed by atoms with Gasteiger partial charge in [0.15, 0.2) is 0 Å². The molecule has 1 saturated carbocycles. The summed E-state index contributed by atoms with van der Waals surface area (Å²) < 4.78 is 5.66. The van der Waals surface area contributed by atoms with Crippen molar-refractivity contribution in [2.45, 2.75) is 37.8 Å². The van der Waals surface area contributed by atoms with Crippen molar-refractivity contribution in [3.05, 3.63) is 30.6 Å². The van der Waals surface area contributed by atoms with Crippen LogP contribution in [0.3, 0.4) is 0 Å². The van der Waals surface area contributed by atoms with Crippen molar-refractivity contribution in [2.24, 2.45) is 0 Å². The highest BCUT2D eigenvalue weighted by Gasteiger charge is 2.22. The number of rotatable bonds is 6. The molecule has 2 fully saturated rings. The predicted molar refractivity (Wildman–Crippen MR) is 89.4 cm³/mol. The van der Waals surface area contributed by atoms with Crippen LogP contribution in [0.5, 0.6) is 0 Å². The van der Waals surface area contributed by atoms with Crippen LogP contribution in [0.1, 0.15) is 25.7 Å². The summed E-state index contributed by atoms with van der Waals surface area (Å²) in [5, 5.41) is 6.77. The third-order valence-electron chi connectivity index (χ3n) is 4.13. The van der Waals surface area contributed by atoms with Crippen LogP contribution >= 0.6 is 0 Å². The van der Waals surface area contributed by atoms with Gasteiger partial charge in [0, 0.05) is 43.2 Å². The van der Waals surface area contributed by atoms with E-state index in [2.05, 4.69) is 25.6 Å². The summed E-state index contributed by atoms with van der Waals surface area (Å²) in [4.78, 5) is 13.4. The van der Waals surface area contributed by atoms with Crippen LogP contribution in [0.15, 0.2) is 30.6 Å². The largest absolute Gasteiger partial charge is 0.376 e. The summed E-state index contributed by atoms with van der Waals surface area (Å²) in [5.74, 6) is 1.51. The molecule has 0 spiro atoms. The molecule has 0 radical (unpaired) electrons. The molecule has 1 aliphatic heterocycles. The third-order valence-corrected chi connectivity index (χ3v) is 4.13. The van der Waals surface area contributed by atoms with E-state index in [0.717, 1.165) is 43.1 Å². The second-order valence-electron chi connectivity index (χ2n) is 6.14. The molecule has 2 aromatic heterocycles. The molecular weight excluding hydrogens is 290 g/mol. The summed E-state index contributed by atoms with van der Waals surface area (Å²) in [6, 6.07) is 6.43. The first kappa shape index (κ1) is 14.4. The molecule has 4 rings (SSSR count). The summed E-state index contributed by atoms with van der Waals surface area (Å²) in [6.45, 7) is 1.65. The lowest BCUT2D eigenvalue weighted by molar-refractivity contribution is 0.120. The Kier molecular flexibility index (Phi) is 4.06. The van der Waals surface area contributed by atoms with E-state index in [4.69, 9.17) is 4.74 Å². The van der Waals surface area contributed by atoms with Gasteiger partial charge in [-0.3, -0.25) is 4.98 Å². The minimum Gasteiger partial charge on any atom is -0.376 e. The van der Waals surface area contributed by atoms with Gasteiger partial charge in [-0.15, -0.1) is 0 Å². The zero-order valence-electron chi connectivity index (χ0n) is 13.0. The monoisotopic (exact) mass is 311 g/mol. The van der Waals surface area contributed by atoms with Gasteiger partial charge in [-0.2, -0.15) is 4.98 Å². The van der Waals surface area contributed by atoms with Crippen molar-refractivity contribution in [1.29, 1.82) is 0 Å². The van der Waals surface area contributed by atoms with Gasteiger partial charge >= 0.3 is 0 Å². The van der Waals surface area contributed by atoms with Crippen LogP contribution in [-0.2, 0) is 4.74 Å². The molecule has 0 unspecified atom stereocenters. The highest BCUT2D eigenvalue weighted by Crippen LogP contribution is 2.26. The summed E-state index contributed by atoms with van der Waals surface area (Å²) in [5.41, 5.74) is 1.88. The number of nitrogens with zero attached hydrogens (tertiary/aromatic N) is 3. The molecule has 23 heavy (non-hydrogen) atoms. The number of nitrogens with one attached hydrogen (secondary N) is 2. The summed E-state index contributed by atoms with van der Waals surface area (Å²) >= 11 is 0. The van der Waals surface area contributed by atoms with Crippen LogP contribution in [0, 0.1) is 0 Å². The van der Waals surface area contributed by atoms with Crippen molar-refractivity contribution >= 4 is 11.8 Å². The number of hydrogen-bond acceptors (Lipinski definition) is 6. The molecule has 2 aromatic rings. The average Bonchev–Trinajstić information content (AvgIpc) is 3.25. The highest BCUT2D eigenvalue weighted by molar-refractivity contribution is 5.63. The SMILES string of the molecule is c1cncc(-c2cc(NC[C@H]3CCCO3)nc(NC3CC3)n2)c1. The number of aromatic nitrogens is 3. The maximum absolute atomic E-state index is 5.66. The van der Waals surface area contributed by atoms with E-state index >= 15 is 0 Å². The van der Waals surface area contributed by atoms with Crippen LogP contribution in [0.25, 0.3) is 11.3 Å². The van der Waals surface area contributed by atoms with Crippen molar-refractivity contribution in [2.75, 3.05) is 23.8 Å². The Labute approximate surface area is 135 Å². The Balaban J connectivity index is 1.55. The fraction of sp³-hybridized carbons (Fsp3) is 0.471. The fourth-order valence-electron chi connectivity index (χ4n) is 2.70. The average molecular weight is 311 g/mol. The number of anilines is 2. The molecule has 120 valence electrons. The molecule has 0 bridgehead atoms. The zero-order chi connectivity index (χ0) is 15.5. The minimum atomic E-state index is 0.284. The molecule has 1 saturated heterocycles. The molecule has 1 atom stereocenters. The van der Waals surface area contributed by atoms with Crippen molar-refractivity contribution in [3.63, 3.8) is 0 Å². The first-order valence-electron chi connectivity index (χ1n) is 8.28. The molecule has 1 aliphatic carbocycles. The zero-order valence-corrected chi connectivity index (χ0v) is 13.0. The third kappa shape index (κ3) is 3.76. The first-order valence-corrected chi connectivity index (χ1v) is 8.28. The van der Waals surface area contributed by atoms with Crippen molar-refractivity contribution < 1.29 is 4.74 Å². The van der Waals surface area contributed by atoms with Gasteiger partial charge < -0.3 is 15.4 Å². The van der Waals surface area contributed by atoms with Gasteiger partial charge in [0.25, 0.3) is 0 Å². The van der Waals surface area contributed by atoms with E-state index in [1.807, 2.05) is 24.4 Å². The minimum absolute atomic E-state index is 0.284. The quantitative estimate of drug-likeness (QED) is 0.854. The van der Waals surface area contributed by atoms with E-state index in [0.29, 0.717) is 12.0 Å². The first-order chi connectivity index (χ1) is 11.4. The Morgan fingerprint density at radius 3 is 2.91 bits per heavy atom. The van der Waals surface area contributed by atoms with Crippen LogP contribution in [-0.4, -0.2) is 40.2 Å². The van der Waals surface area contributed by atoms with Gasteiger partial charge in [0.05, 0.1) is 11.8 Å². The Bertz CT molecular complexity index is 653. The smallest absolute Gasteiger partial charge is 0.225 e. The molecule has 6 heteroatoms. The second kappa shape index (κ2) is 6.50. The standard InChI is InChI=1S/C17H21N5O/c1-3-12(10-18-7-1)15-9-16(19-11-14-4-2-8-23-14)22-17(21-15)20-13-5-6-13/h1,3,7,9-10,13-14H,2,4-6,8,11H2,(H2,19,20,21,22)/t14-/m1/s1. The lowest BCUT2D eigenvalue weighted by Crippen LogP contribution is -2.19. The summed E-state index contributed by atoms with van der Waals surface area (Å²) in [6.07, 6.45) is 8.52. The highest BCUT2D eigenvalue weighted by atomic mass is 16.5. The van der Waals surface area contributed by atoms with Crippen LogP contribution in [0.4, 0.5) is 11.8 Å². The fourth-order valence-corrected chi connectivity index (χ4v) is 2.70. The second-order valence-corrected chi connectivity index (χ2v) is 6.14. The van der Waals surface area contributed by atoms with E-state index in [1.165, 1.54) is 12.8 Å². The lowest BCUT2D eigenvalue weighted by atomic mass is 10.2. The summed E-state index contributed by atoms with van der Waals surface area (Å²) in [7, 11) is 0. The topological polar surface area (TPSA) is 72.0 Å². The van der Waals surface area contributed by atoms with E-state index in [-0.39, 0.29) is 6.10 Å². The van der Waals surface area contributed by atoms with E-state index in [9.17, 15) is 0 Å². The normalized spacial score (nSPS) is 20.4. The Hall–Kier alpha value is -2.21. The maximum atomic E-state index is 5.66. The predicted octanol–water partition coefficient (Wildman–Crippen LogP) is 2.70. The van der Waals surface area contributed by atoms with Gasteiger partial charge in [-0.25, -0.2) is 4.98 Å². The van der Waals surface area contributed by atoms with Gasteiger partial charge in [0.1, 0.15) is 5.82 Å². The molecule has 2 aliphatic rings. The van der Waals surface area contributed by atoms with Crippen molar-refractivity contribution in [1.82, 2.24) is 15.0 Å². The molecular formula is C17H21N5O. The number of ether oxygens (including phenoxy) is 1.